The molecular formula is C13H14ClNO4. The standard InChI is InChI=1S/C13H14ClNO4/c1-13(2,3)9(7-12(16)17)8-4-5-10(14)11(6-8)15(18)19/h4-7H,1-3H3,(H,16,17)/b9-7-. The second-order valence-corrected chi connectivity index (χ2v) is 5.48. The van der Waals surface area contributed by atoms with Gasteiger partial charge < -0.3 is 5.11 Å². The molecule has 19 heavy (non-hydrogen) atoms. The molecular weight excluding hydrogens is 270 g/mol. The summed E-state index contributed by atoms with van der Waals surface area (Å²) in [6, 6.07) is 4.27. The molecule has 5 nitrogen and oxygen atoms in total. The molecule has 0 radical (unpaired) electrons. The monoisotopic (exact) mass is 283 g/mol. The van der Waals surface area contributed by atoms with Gasteiger partial charge in [-0.1, -0.05) is 38.4 Å². The van der Waals surface area contributed by atoms with Crippen LogP contribution in [0.2, 0.25) is 5.02 Å². The summed E-state index contributed by atoms with van der Waals surface area (Å²) in [5, 5.41) is 19.8. The Bertz CT molecular complexity index is 558. The number of benzene rings is 1. The number of carboxylic acid groups (broad SMARTS) is 1. The number of nitrogens with zero attached hydrogens (tertiary/aromatic N) is 1. The summed E-state index contributed by atoms with van der Waals surface area (Å²) in [5.74, 6) is -1.09. The van der Waals surface area contributed by atoms with Crippen LogP contribution in [-0.4, -0.2) is 16.0 Å². The van der Waals surface area contributed by atoms with E-state index in [1.165, 1.54) is 12.1 Å². The van der Waals surface area contributed by atoms with Gasteiger partial charge in [-0.05, 0) is 22.6 Å². The molecule has 0 aliphatic rings. The second-order valence-electron chi connectivity index (χ2n) is 5.07. The molecule has 0 heterocycles. The first-order valence-electron chi connectivity index (χ1n) is 5.52. The zero-order valence-electron chi connectivity index (χ0n) is 10.8. The van der Waals surface area contributed by atoms with Crippen LogP contribution in [0.3, 0.4) is 0 Å². The Balaban J connectivity index is 3.45. The number of aliphatic carboxylic acids is 1. The van der Waals surface area contributed by atoms with Gasteiger partial charge in [-0.15, -0.1) is 0 Å². The number of nitro groups is 1. The van der Waals surface area contributed by atoms with E-state index in [-0.39, 0.29) is 10.7 Å². The molecule has 6 heteroatoms. The summed E-state index contributed by atoms with van der Waals surface area (Å²) in [5.41, 5.74) is 0.283. The van der Waals surface area contributed by atoms with Crippen molar-refractivity contribution < 1.29 is 14.8 Å². The van der Waals surface area contributed by atoms with E-state index in [1.54, 1.807) is 6.07 Å². The van der Waals surface area contributed by atoms with E-state index in [1.807, 2.05) is 20.8 Å². The molecule has 0 atom stereocenters. The second kappa shape index (κ2) is 5.40. The molecule has 0 saturated carbocycles. The summed E-state index contributed by atoms with van der Waals surface area (Å²) in [4.78, 5) is 21.1. The van der Waals surface area contributed by atoms with Crippen molar-refractivity contribution >= 4 is 28.8 Å². The number of rotatable bonds is 3. The molecule has 0 aliphatic carbocycles. The van der Waals surface area contributed by atoms with E-state index in [9.17, 15) is 14.9 Å². The number of carbonyl (C=O) groups is 1. The Morgan fingerprint density at radius 1 is 1.42 bits per heavy atom. The lowest BCUT2D eigenvalue weighted by molar-refractivity contribution is -0.384. The molecule has 0 aliphatic heterocycles. The predicted molar refractivity (Wildman–Crippen MR) is 73.2 cm³/mol. The summed E-state index contributed by atoms with van der Waals surface area (Å²) in [6.07, 6.45) is 1.06. The van der Waals surface area contributed by atoms with Crippen LogP contribution in [0.15, 0.2) is 24.3 Å². The third-order valence-electron chi connectivity index (χ3n) is 2.53. The number of hydrogen-bond donors (Lipinski definition) is 1. The van der Waals surface area contributed by atoms with E-state index in [4.69, 9.17) is 16.7 Å². The molecule has 0 aromatic heterocycles. The predicted octanol–water partition coefficient (Wildman–Crippen LogP) is 3.76. The van der Waals surface area contributed by atoms with Gasteiger partial charge in [0.05, 0.1) is 4.92 Å². The fourth-order valence-electron chi connectivity index (χ4n) is 1.68. The molecule has 0 unspecified atom stereocenters. The largest absolute Gasteiger partial charge is 0.478 e. The fraction of sp³-hybridized carbons (Fsp3) is 0.308. The summed E-state index contributed by atoms with van der Waals surface area (Å²) < 4.78 is 0. The van der Waals surface area contributed by atoms with Gasteiger partial charge in [0.25, 0.3) is 5.69 Å². The van der Waals surface area contributed by atoms with Gasteiger partial charge in [0.1, 0.15) is 5.02 Å². The van der Waals surface area contributed by atoms with Crippen LogP contribution in [0.1, 0.15) is 26.3 Å². The van der Waals surface area contributed by atoms with E-state index in [0.29, 0.717) is 11.1 Å². The zero-order chi connectivity index (χ0) is 14.8. The van der Waals surface area contributed by atoms with Crippen LogP contribution in [0.4, 0.5) is 5.69 Å². The average molecular weight is 284 g/mol. The van der Waals surface area contributed by atoms with Crippen LogP contribution in [0.25, 0.3) is 5.57 Å². The number of halogens is 1. The highest BCUT2D eigenvalue weighted by molar-refractivity contribution is 6.32. The molecule has 0 fully saturated rings. The smallest absolute Gasteiger partial charge is 0.328 e. The molecule has 0 spiro atoms. The Labute approximate surface area is 115 Å². The number of carboxylic acids is 1. The Morgan fingerprint density at radius 3 is 2.42 bits per heavy atom. The average Bonchev–Trinajstić information content (AvgIpc) is 2.24. The molecule has 0 saturated heterocycles. The molecule has 1 N–H and O–H groups in total. The van der Waals surface area contributed by atoms with Gasteiger partial charge in [-0.2, -0.15) is 0 Å². The number of allylic oxidation sites excluding steroid dienone is 1. The van der Waals surface area contributed by atoms with Crippen LogP contribution in [-0.2, 0) is 4.79 Å². The molecule has 0 bridgehead atoms. The Kier molecular flexibility index (Phi) is 4.32. The van der Waals surface area contributed by atoms with Gasteiger partial charge in [0, 0.05) is 12.1 Å². The molecule has 102 valence electrons. The third kappa shape index (κ3) is 3.79. The van der Waals surface area contributed by atoms with Crippen LogP contribution in [0, 0.1) is 15.5 Å². The van der Waals surface area contributed by atoms with Crippen molar-refractivity contribution in [3.05, 3.63) is 45.0 Å². The van der Waals surface area contributed by atoms with Crippen molar-refractivity contribution in [2.24, 2.45) is 5.41 Å². The van der Waals surface area contributed by atoms with Crippen LogP contribution < -0.4 is 0 Å². The molecule has 1 aromatic carbocycles. The SMILES string of the molecule is CC(C)(C)/C(=C\C(=O)O)c1ccc(Cl)c([N+](=O)[O-])c1. The van der Waals surface area contributed by atoms with E-state index >= 15 is 0 Å². The van der Waals surface area contributed by atoms with Crippen molar-refractivity contribution in [2.75, 3.05) is 0 Å². The fourth-order valence-corrected chi connectivity index (χ4v) is 1.86. The van der Waals surface area contributed by atoms with Gasteiger partial charge in [0.15, 0.2) is 0 Å². The topological polar surface area (TPSA) is 80.4 Å². The quantitative estimate of drug-likeness (QED) is 0.520. The highest BCUT2D eigenvalue weighted by atomic mass is 35.5. The summed E-state index contributed by atoms with van der Waals surface area (Å²) >= 11 is 5.74. The van der Waals surface area contributed by atoms with Gasteiger partial charge in [0.2, 0.25) is 0 Å². The lowest BCUT2D eigenvalue weighted by Crippen LogP contribution is -2.10. The molecule has 1 rings (SSSR count). The maximum atomic E-state index is 10.9. The van der Waals surface area contributed by atoms with Crippen molar-refractivity contribution in [1.29, 1.82) is 0 Å². The third-order valence-corrected chi connectivity index (χ3v) is 2.85. The van der Waals surface area contributed by atoms with Crippen LogP contribution >= 0.6 is 11.6 Å². The van der Waals surface area contributed by atoms with Gasteiger partial charge in [-0.25, -0.2) is 4.79 Å². The maximum Gasteiger partial charge on any atom is 0.328 e. The van der Waals surface area contributed by atoms with Crippen molar-refractivity contribution in [2.45, 2.75) is 20.8 Å². The number of nitro benzene ring substituents is 1. The maximum absolute atomic E-state index is 10.9. The Morgan fingerprint density at radius 2 is 2.00 bits per heavy atom. The van der Waals surface area contributed by atoms with Crippen LogP contribution in [0.5, 0.6) is 0 Å². The normalized spacial score (nSPS) is 12.3. The zero-order valence-corrected chi connectivity index (χ0v) is 11.6. The first-order valence-corrected chi connectivity index (χ1v) is 5.90. The van der Waals surface area contributed by atoms with Gasteiger partial charge in [-0.3, -0.25) is 10.1 Å². The van der Waals surface area contributed by atoms with Crippen molar-refractivity contribution in [3.63, 3.8) is 0 Å². The summed E-state index contributed by atoms with van der Waals surface area (Å²) in [6.45, 7) is 5.51. The molecule has 1 aromatic rings. The molecule has 0 amide bonds. The lowest BCUT2D eigenvalue weighted by Gasteiger charge is -2.23. The minimum absolute atomic E-state index is 0.0253. The summed E-state index contributed by atoms with van der Waals surface area (Å²) in [7, 11) is 0. The van der Waals surface area contributed by atoms with Crippen molar-refractivity contribution in [1.82, 2.24) is 0 Å². The van der Waals surface area contributed by atoms with E-state index in [2.05, 4.69) is 0 Å². The number of hydrogen-bond acceptors (Lipinski definition) is 3. The highest BCUT2D eigenvalue weighted by Crippen LogP contribution is 2.37. The minimum Gasteiger partial charge on any atom is -0.478 e. The first kappa shape index (κ1) is 15.2. The lowest BCUT2D eigenvalue weighted by atomic mass is 9.81. The minimum atomic E-state index is -1.09. The van der Waals surface area contributed by atoms with E-state index in [0.717, 1.165) is 6.08 Å². The highest BCUT2D eigenvalue weighted by Gasteiger charge is 2.23. The first-order chi connectivity index (χ1) is 8.62. The van der Waals surface area contributed by atoms with Crippen molar-refractivity contribution in [3.8, 4) is 0 Å². The van der Waals surface area contributed by atoms with E-state index < -0.39 is 16.3 Å². The Hall–Kier alpha value is -1.88. The van der Waals surface area contributed by atoms with Gasteiger partial charge >= 0.3 is 5.97 Å².